The van der Waals surface area contributed by atoms with Gasteiger partial charge in [0.15, 0.2) is 0 Å². The number of hydrogen-bond acceptors (Lipinski definition) is 2. The van der Waals surface area contributed by atoms with Crippen molar-refractivity contribution in [3.63, 3.8) is 0 Å². The zero-order valence-electron chi connectivity index (χ0n) is 14.3. The van der Waals surface area contributed by atoms with E-state index in [1.807, 2.05) is 32.3 Å². The van der Waals surface area contributed by atoms with Crippen molar-refractivity contribution in [1.29, 1.82) is 0 Å². The standard InChI is InChI=1S/C17H24N4O2/c1-11-13-14(12-9-7-6-8-10-12)19(3)17(23)21(5)15(13)20(4)16(22)18(11)2/h6-11,13-15H,1-5H3/t11-,13-,14-,15-/m0/s1. The molecule has 0 aromatic heterocycles. The largest absolute Gasteiger partial charge is 0.324 e. The van der Waals surface area contributed by atoms with Crippen LogP contribution in [0.1, 0.15) is 18.5 Å². The zero-order valence-corrected chi connectivity index (χ0v) is 14.3. The molecule has 0 N–H and O–H groups in total. The molecule has 23 heavy (non-hydrogen) atoms. The monoisotopic (exact) mass is 316 g/mol. The van der Waals surface area contributed by atoms with Gasteiger partial charge in [-0.05, 0) is 12.5 Å². The summed E-state index contributed by atoms with van der Waals surface area (Å²) in [5.74, 6) is 0.109. The summed E-state index contributed by atoms with van der Waals surface area (Å²) in [6.07, 6.45) is -0.234. The summed E-state index contributed by atoms with van der Waals surface area (Å²) in [5.41, 5.74) is 1.11. The highest BCUT2D eigenvalue weighted by atomic mass is 16.2. The minimum absolute atomic E-state index is 0.0342. The Morgan fingerprint density at radius 2 is 1.30 bits per heavy atom. The first-order valence-electron chi connectivity index (χ1n) is 7.90. The van der Waals surface area contributed by atoms with Gasteiger partial charge in [0.1, 0.15) is 6.17 Å². The van der Waals surface area contributed by atoms with Gasteiger partial charge >= 0.3 is 12.1 Å². The van der Waals surface area contributed by atoms with Crippen molar-refractivity contribution in [2.45, 2.75) is 25.2 Å². The van der Waals surface area contributed by atoms with Crippen LogP contribution in [0.2, 0.25) is 0 Å². The van der Waals surface area contributed by atoms with Crippen LogP contribution in [0, 0.1) is 5.92 Å². The van der Waals surface area contributed by atoms with Crippen molar-refractivity contribution in [3.8, 4) is 0 Å². The van der Waals surface area contributed by atoms with E-state index in [2.05, 4.69) is 19.1 Å². The van der Waals surface area contributed by atoms with Crippen LogP contribution in [0.5, 0.6) is 0 Å². The molecule has 2 aliphatic heterocycles. The van der Waals surface area contributed by atoms with Gasteiger partial charge < -0.3 is 19.6 Å². The first kappa shape index (κ1) is 15.6. The Balaban J connectivity index is 2.11. The van der Waals surface area contributed by atoms with Crippen LogP contribution in [-0.4, -0.2) is 72.1 Å². The van der Waals surface area contributed by atoms with Crippen LogP contribution in [0.4, 0.5) is 9.59 Å². The van der Waals surface area contributed by atoms with Gasteiger partial charge in [0, 0.05) is 40.2 Å². The van der Waals surface area contributed by atoms with E-state index in [0.29, 0.717) is 0 Å². The first-order valence-corrected chi connectivity index (χ1v) is 7.90. The Labute approximate surface area is 137 Å². The van der Waals surface area contributed by atoms with Gasteiger partial charge in [0.25, 0.3) is 0 Å². The topological polar surface area (TPSA) is 47.1 Å². The Bertz CT molecular complexity index is 616. The highest BCUT2D eigenvalue weighted by molar-refractivity contribution is 5.80. The molecule has 2 heterocycles. The van der Waals surface area contributed by atoms with E-state index in [1.165, 1.54) is 0 Å². The summed E-state index contributed by atoms with van der Waals surface area (Å²) < 4.78 is 0. The SMILES string of the molecule is C[C@H]1[C@@H]2[C@@H](N(C)C(=O)N1C)N(C)C(=O)N(C)[C@H]2c1ccccc1. The number of hydrogen-bond donors (Lipinski definition) is 0. The maximum Gasteiger partial charge on any atom is 0.321 e. The van der Waals surface area contributed by atoms with Crippen LogP contribution in [-0.2, 0) is 0 Å². The lowest BCUT2D eigenvalue weighted by molar-refractivity contribution is -0.0652. The van der Waals surface area contributed by atoms with Crippen LogP contribution in [0.15, 0.2) is 30.3 Å². The molecular formula is C17H24N4O2. The van der Waals surface area contributed by atoms with E-state index in [0.717, 1.165) is 5.56 Å². The Morgan fingerprint density at radius 1 is 0.783 bits per heavy atom. The average molecular weight is 316 g/mol. The maximum absolute atomic E-state index is 12.7. The van der Waals surface area contributed by atoms with Crippen molar-refractivity contribution < 1.29 is 9.59 Å². The predicted molar refractivity (Wildman–Crippen MR) is 87.8 cm³/mol. The van der Waals surface area contributed by atoms with Gasteiger partial charge in [0.2, 0.25) is 0 Å². The number of fused-ring (bicyclic) bond motifs is 1. The lowest BCUT2D eigenvalue weighted by Crippen LogP contribution is -2.71. The van der Waals surface area contributed by atoms with Crippen molar-refractivity contribution in [3.05, 3.63) is 35.9 Å². The minimum Gasteiger partial charge on any atom is -0.324 e. The van der Waals surface area contributed by atoms with E-state index < -0.39 is 0 Å². The highest BCUT2D eigenvalue weighted by Crippen LogP contribution is 2.43. The zero-order chi connectivity index (χ0) is 16.9. The van der Waals surface area contributed by atoms with Crippen molar-refractivity contribution in [1.82, 2.24) is 19.6 Å². The van der Waals surface area contributed by atoms with E-state index in [4.69, 9.17) is 0 Å². The third kappa shape index (κ3) is 2.16. The van der Waals surface area contributed by atoms with E-state index in [1.54, 1.807) is 33.7 Å². The van der Waals surface area contributed by atoms with Gasteiger partial charge in [-0.3, -0.25) is 0 Å². The summed E-state index contributed by atoms with van der Waals surface area (Å²) in [7, 11) is 7.23. The molecule has 1 aromatic rings. The molecule has 0 spiro atoms. The summed E-state index contributed by atoms with van der Waals surface area (Å²) in [5, 5.41) is 0. The fourth-order valence-corrected chi connectivity index (χ4v) is 4.08. The fourth-order valence-electron chi connectivity index (χ4n) is 4.08. The van der Waals surface area contributed by atoms with E-state index in [-0.39, 0.29) is 36.2 Å². The van der Waals surface area contributed by atoms with Gasteiger partial charge in [-0.15, -0.1) is 0 Å². The smallest absolute Gasteiger partial charge is 0.321 e. The molecular weight excluding hydrogens is 292 g/mol. The highest BCUT2D eigenvalue weighted by Gasteiger charge is 2.53. The number of urea groups is 2. The van der Waals surface area contributed by atoms with Gasteiger partial charge in [-0.2, -0.15) is 0 Å². The number of nitrogens with zero attached hydrogens (tertiary/aromatic N) is 4. The van der Waals surface area contributed by atoms with Gasteiger partial charge in [0.05, 0.1) is 6.04 Å². The van der Waals surface area contributed by atoms with Gasteiger partial charge in [-0.25, -0.2) is 9.59 Å². The molecule has 0 bridgehead atoms. The molecule has 2 aliphatic rings. The number of rotatable bonds is 1. The lowest BCUT2D eigenvalue weighted by Gasteiger charge is -2.57. The molecule has 2 saturated heterocycles. The van der Waals surface area contributed by atoms with Gasteiger partial charge in [-0.1, -0.05) is 30.3 Å². The normalized spacial score (nSPS) is 31.5. The molecule has 6 heteroatoms. The Hall–Kier alpha value is -2.24. The summed E-state index contributed by atoms with van der Waals surface area (Å²) in [6, 6.07) is 9.94. The number of amides is 4. The fraction of sp³-hybridized carbons (Fsp3) is 0.529. The summed E-state index contributed by atoms with van der Waals surface area (Å²) in [6.45, 7) is 2.07. The molecule has 2 fully saturated rings. The molecule has 0 aliphatic carbocycles. The van der Waals surface area contributed by atoms with E-state index in [9.17, 15) is 9.59 Å². The summed E-state index contributed by atoms with van der Waals surface area (Å²) >= 11 is 0. The second kappa shape index (κ2) is 5.44. The predicted octanol–water partition coefficient (Wildman–Crippen LogP) is 2.05. The van der Waals surface area contributed by atoms with E-state index >= 15 is 0 Å². The molecule has 3 rings (SSSR count). The van der Waals surface area contributed by atoms with Crippen molar-refractivity contribution in [2.75, 3.05) is 28.2 Å². The van der Waals surface area contributed by atoms with Crippen molar-refractivity contribution >= 4 is 12.1 Å². The molecule has 4 atom stereocenters. The third-order valence-electron chi connectivity index (χ3n) is 5.44. The van der Waals surface area contributed by atoms with Crippen LogP contribution < -0.4 is 0 Å². The molecule has 4 amide bonds. The van der Waals surface area contributed by atoms with Crippen LogP contribution >= 0.6 is 0 Å². The Kier molecular flexibility index (Phi) is 3.70. The van der Waals surface area contributed by atoms with Crippen LogP contribution in [0.25, 0.3) is 0 Å². The lowest BCUT2D eigenvalue weighted by atomic mass is 9.80. The third-order valence-corrected chi connectivity index (χ3v) is 5.44. The second-order valence-electron chi connectivity index (χ2n) is 6.60. The average Bonchev–Trinajstić information content (AvgIpc) is 2.56. The molecule has 6 nitrogen and oxygen atoms in total. The molecule has 0 radical (unpaired) electrons. The Morgan fingerprint density at radius 3 is 1.87 bits per heavy atom. The summed E-state index contributed by atoms with van der Waals surface area (Å²) in [4.78, 5) is 32.1. The molecule has 0 saturated carbocycles. The maximum atomic E-state index is 12.7. The number of carbonyl (C=O) groups excluding carboxylic acids is 2. The number of benzene rings is 1. The first-order chi connectivity index (χ1) is 10.9. The van der Waals surface area contributed by atoms with Crippen LogP contribution in [0.3, 0.4) is 0 Å². The second-order valence-corrected chi connectivity index (χ2v) is 6.60. The number of carbonyl (C=O) groups is 2. The molecule has 0 unspecified atom stereocenters. The molecule has 1 aromatic carbocycles. The molecule has 124 valence electrons. The van der Waals surface area contributed by atoms with Crippen molar-refractivity contribution in [2.24, 2.45) is 5.92 Å². The quantitative estimate of drug-likeness (QED) is 0.796. The minimum atomic E-state index is -0.234.